The van der Waals surface area contributed by atoms with Gasteiger partial charge in [-0.3, -0.25) is 4.79 Å². The van der Waals surface area contributed by atoms with Crippen LogP contribution in [0.1, 0.15) is 25.0 Å². The van der Waals surface area contributed by atoms with Gasteiger partial charge in [0, 0.05) is 22.9 Å². The Morgan fingerprint density at radius 2 is 1.88 bits per heavy atom. The van der Waals surface area contributed by atoms with Crippen molar-refractivity contribution in [1.82, 2.24) is 0 Å². The van der Waals surface area contributed by atoms with Gasteiger partial charge in [-0.05, 0) is 85.7 Å². The predicted molar refractivity (Wildman–Crippen MR) is 128 cm³/mol. The maximum atomic E-state index is 12.4. The molecule has 32 heavy (non-hydrogen) atoms. The smallest absolute Gasteiger partial charge is 0.248 e. The minimum Gasteiger partial charge on any atom is -0.508 e. The predicted octanol–water partition coefficient (Wildman–Crippen LogP) is 5.90. The minimum atomic E-state index is -0.415. The minimum absolute atomic E-state index is 0.149. The zero-order valence-corrected chi connectivity index (χ0v) is 18.3. The number of rotatable bonds is 5. The summed E-state index contributed by atoms with van der Waals surface area (Å²) in [6, 6.07) is 18.2. The Kier molecular flexibility index (Phi) is 5.73. The second-order valence-corrected chi connectivity index (χ2v) is 8.13. The normalized spacial score (nSPS) is 14.0. The number of methoxy groups -OCH3 is 1. The Morgan fingerprint density at radius 3 is 2.62 bits per heavy atom. The fourth-order valence-corrected chi connectivity index (χ4v) is 3.50. The molecule has 1 heterocycles. The van der Waals surface area contributed by atoms with E-state index in [0.717, 1.165) is 33.8 Å². The van der Waals surface area contributed by atoms with Crippen LogP contribution in [0, 0.1) is 0 Å². The van der Waals surface area contributed by atoms with E-state index in [-0.39, 0.29) is 11.7 Å². The maximum Gasteiger partial charge on any atom is 0.248 e. The standard InChI is InChI=1S/C27H25NO4/c1-27(2)14-13-20-15-18(7-12-25(30)28-21-8-10-22(29)11-9-21)16-24(26(20)32-27)19-5-4-6-23(17-19)31-3/h4-17,29H,1-3H3,(H,28,30). The molecule has 0 aliphatic carbocycles. The number of fused-ring (bicyclic) bond motifs is 1. The summed E-state index contributed by atoms with van der Waals surface area (Å²) in [5, 5.41) is 12.2. The molecule has 162 valence electrons. The largest absolute Gasteiger partial charge is 0.508 e. The lowest BCUT2D eigenvalue weighted by Crippen LogP contribution is -2.27. The highest BCUT2D eigenvalue weighted by Gasteiger charge is 2.25. The third-order valence-electron chi connectivity index (χ3n) is 5.11. The first-order valence-electron chi connectivity index (χ1n) is 10.3. The average Bonchev–Trinajstić information content (AvgIpc) is 2.78. The maximum absolute atomic E-state index is 12.4. The highest BCUT2D eigenvalue weighted by atomic mass is 16.5. The van der Waals surface area contributed by atoms with Crippen LogP contribution < -0.4 is 14.8 Å². The molecular weight excluding hydrogens is 402 g/mol. The van der Waals surface area contributed by atoms with E-state index in [1.807, 2.05) is 56.3 Å². The van der Waals surface area contributed by atoms with Crippen LogP contribution >= 0.6 is 0 Å². The van der Waals surface area contributed by atoms with Crippen LogP contribution in [-0.2, 0) is 4.79 Å². The van der Waals surface area contributed by atoms with Crippen LogP contribution in [0.3, 0.4) is 0 Å². The fraction of sp³-hybridized carbons (Fsp3) is 0.148. The van der Waals surface area contributed by atoms with Crippen molar-refractivity contribution in [3.05, 3.63) is 83.9 Å². The number of hydrogen-bond acceptors (Lipinski definition) is 4. The third-order valence-corrected chi connectivity index (χ3v) is 5.11. The van der Waals surface area contributed by atoms with E-state index in [1.54, 1.807) is 25.3 Å². The molecule has 0 unspecified atom stereocenters. The number of phenols is 1. The summed E-state index contributed by atoms with van der Waals surface area (Å²) in [6.07, 6.45) is 7.33. The number of benzene rings is 3. The molecule has 4 rings (SSSR count). The zero-order chi connectivity index (χ0) is 22.7. The molecule has 2 N–H and O–H groups in total. The van der Waals surface area contributed by atoms with Gasteiger partial charge < -0.3 is 19.9 Å². The van der Waals surface area contributed by atoms with E-state index < -0.39 is 5.60 Å². The molecule has 1 aliphatic rings. The molecule has 0 bridgehead atoms. The molecule has 0 saturated heterocycles. The molecule has 3 aromatic carbocycles. The average molecular weight is 428 g/mol. The number of anilines is 1. The third kappa shape index (κ3) is 4.83. The molecule has 1 aliphatic heterocycles. The molecule has 0 radical (unpaired) electrons. The Bertz CT molecular complexity index is 1210. The number of phenolic OH excluding ortho intramolecular Hbond substituents is 1. The summed E-state index contributed by atoms with van der Waals surface area (Å²) < 4.78 is 11.7. The molecule has 5 heteroatoms. The van der Waals surface area contributed by atoms with Gasteiger partial charge >= 0.3 is 0 Å². The quantitative estimate of drug-likeness (QED) is 0.393. The second kappa shape index (κ2) is 8.63. The highest BCUT2D eigenvalue weighted by Crippen LogP contribution is 2.41. The fourth-order valence-electron chi connectivity index (χ4n) is 3.50. The Labute approximate surface area is 187 Å². The summed E-state index contributed by atoms with van der Waals surface area (Å²) >= 11 is 0. The van der Waals surface area contributed by atoms with E-state index in [2.05, 4.69) is 11.4 Å². The van der Waals surface area contributed by atoms with E-state index in [1.165, 1.54) is 18.2 Å². The molecule has 0 atom stereocenters. The Balaban J connectivity index is 1.68. The summed E-state index contributed by atoms with van der Waals surface area (Å²) in [6.45, 7) is 4.03. The van der Waals surface area contributed by atoms with Crippen molar-refractivity contribution >= 4 is 23.7 Å². The number of amides is 1. The number of carbonyl (C=O) groups excluding carboxylic acids is 1. The molecule has 3 aromatic rings. The Morgan fingerprint density at radius 1 is 1.09 bits per heavy atom. The SMILES string of the molecule is COc1cccc(-c2cc(C=CC(=O)Nc3ccc(O)cc3)cc3c2OC(C)(C)C=C3)c1. The number of aromatic hydroxyl groups is 1. The summed E-state index contributed by atoms with van der Waals surface area (Å²) in [5.74, 6) is 1.45. The number of nitrogens with one attached hydrogen (secondary N) is 1. The lowest BCUT2D eigenvalue weighted by molar-refractivity contribution is -0.111. The van der Waals surface area contributed by atoms with Gasteiger partial charge in [-0.25, -0.2) is 0 Å². The topological polar surface area (TPSA) is 67.8 Å². The van der Waals surface area contributed by atoms with Gasteiger partial charge in [0.05, 0.1) is 7.11 Å². The summed E-state index contributed by atoms with van der Waals surface area (Å²) in [5.41, 5.74) is 3.91. The number of ether oxygens (including phenoxy) is 2. The van der Waals surface area contributed by atoms with Crippen molar-refractivity contribution in [2.45, 2.75) is 19.4 Å². The van der Waals surface area contributed by atoms with Crippen LogP contribution in [0.5, 0.6) is 17.2 Å². The Hall–Kier alpha value is -3.99. The van der Waals surface area contributed by atoms with Gasteiger partial charge in [0.2, 0.25) is 5.91 Å². The monoisotopic (exact) mass is 427 g/mol. The first-order valence-corrected chi connectivity index (χ1v) is 10.3. The molecule has 0 fully saturated rings. The van der Waals surface area contributed by atoms with Crippen LogP contribution in [0.4, 0.5) is 5.69 Å². The molecular formula is C27H25NO4. The summed E-state index contributed by atoms with van der Waals surface area (Å²) in [4.78, 5) is 12.4. The van der Waals surface area contributed by atoms with Crippen molar-refractivity contribution in [2.24, 2.45) is 0 Å². The van der Waals surface area contributed by atoms with Gasteiger partial charge in [0.1, 0.15) is 22.8 Å². The van der Waals surface area contributed by atoms with E-state index in [4.69, 9.17) is 9.47 Å². The number of hydrogen-bond donors (Lipinski definition) is 2. The molecule has 0 saturated carbocycles. The number of carbonyl (C=O) groups is 1. The van der Waals surface area contributed by atoms with Crippen molar-refractivity contribution in [1.29, 1.82) is 0 Å². The van der Waals surface area contributed by atoms with Gasteiger partial charge in [0.25, 0.3) is 0 Å². The van der Waals surface area contributed by atoms with Crippen molar-refractivity contribution in [3.63, 3.8) is 0 Å². The van der Waals surface area contributed by atoms with Crippen LogP contribution in [0.2, 0.25) is 0 Å². The molecule has 5 nitrogen and oxygen atoms in total. The van der Waals surface area contributed by atoms with Crippen LogP contribution in [0.25, 0.3) is 23.3 Å². The zero-order valence-electron chi connectivity index (χ0n) is 18.3. The summed E-state index contributed by atoms with van der Waals surface area (Å²) in [7, 11) is 1.64. The van der Waals surface area contributed by atoms with Crippen LogP contribution in [-0.4, -0.2) is 23.7 Å². The van der Waals surface area contributed by atoms with Gasteiger partial charge in [-0.1, -0.05) is 18.2 Å². The van der Waals surface area contributed by atoms with Crippen molar-refractivity contribution in [2.75, 3.05) is 12.4 Å². The first kappa shape index (κ1) is 21.2. The second-order valence-electron chi connectivity index (χ2n) is 8.13. The van der Waals surface area contributed by atoms with E-state index >= 15 is 0 Å². The molecule has 0 aromatic heterocycles. The van der Waals surface area contributed by atoms with Gasteiger partial charge in [0.15, 0.2) is 0 Å². The lowest BCUT2D eigenvalue weighted by atomic mass is 9.94. The van der Waals surface area contributed by atoms with Crippen molar-refractivity contribution in [3.8, 4) is 28.4 Å². The van der Waals surface area contributed by atoms with Gasteiger partial charge in [-0.15, -0.1) is 0 Å². The lowest BCUT2D eigenvalue weighted by Gasteiger charge is -2.30. The highest BCUT2D eigenvalue weighted by molar-refractivity contribution is 6.02. The molecule has 0 spiro atoms. The van der Waals surface area contributed by atoms with E-state index in [0.29, 0.717) is 5.69 Å². The molecule has 1 amide bonds. The van der Waals surface area contributed by atoms with Crippen molar-refractivity contribution < 1.29 is 19.4 Å². The first-order chi connectivity index (χ1) is 15.3. The van der Waals surface area contributed by atoms with E-state index in [9.17, 15) is 9.90 Å². The van der Waals surface area contributed by atoms with Crippen LogP contribution in [0.15, 0.2) is 72.8 Å². The van der Waals surface area contributed by atoms with Gasteiger partial charge in [-0.2, -0.15) is 0 Å².